The number of alkyl halides is 6. The summed E-state index contributed by atoms with van der Waals surface area (Å²) < 4.78 is 72.1. The number of carbonyl (C=O) groups excluding carboxylic acids is 1. The molecule has 1 aliphatic rings. The molecule has 9 heteroatoms. The monoisotopic (exact) mass is 276 g/mol. The SMILES string of the molecule is O=C(NCC(F)(F)F)N1CC=C(C(F)(F)F)CC1. The second kappa shape index (κ2) is 5.07. The zero-order chi connectivity index (χ0) is 14.0. The van der Waals surface area contributed by atoms with Crippen LogP contribution in [0.15, 0.2) is 11.6 Å². The number of carbonyl (C=O) groups is 1. The van der Waals surface area contributed by atoms with Gasteiger partial charge in [0.1, 0.15) is 6.54 Å². The van der Waals surface area contributed by atoms with Gasteiger partial charge in [-0.1, -0.05) is 6.08 Å². The minimum absolute atomic E-state index is 0.255. The molecule has 0 unspecified atom stereocenters. The number of hydrogen-bond donors (Lipinski definition) is 1. The van der Waals surface area contributed by atoms with Gasteiger partial charge in [0, 0.05) is 18.7 Å². The second-order valence-corrected chi connectivity index (χ2v) is 3.70. The van der Waals surface area contributed by atoms with Crippen LogP contribution in [-0.2, 0) is 0 Å². The van der Waals surface area contributed by atoms with Crippen molar-refractivity contribution in [1.82, 2.24) is 10.2 Å². The Hall–Kier alpha value is -1.41. The van der Waals surface area contributed by atoms with Gasteiger partial charge >= 0.3 is 18.4 Å². The van der Waals surface area contributed by atoms with Crippen molar-refractivity contribution in [2.45, 2.75) is 18.8 Å². The maximum Gasteiger partial charge on any atom is 0.412 e. The summed E-state index contributed by atoms with van der Waals surface area (Å²) in [6.45, 7) is -2.11. The van der Waals surface area contributed by atoms with E-state index in [1.807, 2.05) is 0 Å². The second-order valence-electron chi connectivity index (χ2n) is 3.70. The Kier molecular flexibility index (Phi) is 4.12. The number of nitrogens with zero attached hydrogens (tertiary/aromatic N) is 1. The third-order valence-corrected chi connectivity index (χ3v) is 2.30. The molecule has 104 valence electrons. The molecule has 1 rings (SSSR count). The van der Waals surface area contributed by atoms with E-state index < -0.39 is 36.9 Å². The lowest BCUT2D eigenvalue weighted by molar-refractivity contribution is -0.123. The van der Waals surface area contributed by atoms with E-state index in [1.165, 1.54) is 0 Å². The van der Waals surface area contributed by atoms with E-state index in [-0.39, 0.29) is 13.1 Å². The lowest BCUT2D eigenvalue weighted by Gasteiger charge is -2.27. The van der Waals surface area contributed by atoms with Crippen LogP contribution in [-0.4, -0.2) is 42.9 Å². The summed E-state index contributed by atoms with van der Waals surface area (Å²) in [4.78, 5) is 12.1. The zero-order valence-electron chi connectivity index (χ0n) is 9.03. The first-order chi connectivity index (χ1) is 8.09. The Morgan fingerprint density at radius 1 is 1.28 bits per heavy atom. The molecule has 3 nitrogen and oxygen atoms in total. The van der Waals surface area contributed by atoms with E-state index in [0.29, 0.717) is 0 Å². The Morgan fingerprint density at radius 2 is 1.89 bits per heavy atom. The summed E-state index contributed by atoms with van der Waals surface area (Å²) in [5, 5.41) is 1.60. The fourth-order valence-corrected chi connectivity index (χ4v) is 1.40. The van der Waals surface area contributed by atoms with Crippen LogP contribution in [0.5, 0.6) is 0 Å². The molecule has 0 aliphatic carbocycles. The number of urea groups is 1. The fraction of sp³-hybridized carbons (Fsp3) is 0.667. The van der Waals surface area contributed by atoms with Crippen LogP contribution < -0.4 is 5.32 Å². The number of nitrogens with one attached hydrogen (secondary N) is 1. The first-order valence-corrected chi connectivity index (χ1v) is 4.95. The van der Waals surface area contributed by atoms with Crippen LogP contribution in [0.2, 0.25) is 0 Å². The first kappa shape index (κ1) is 14.7. The van der Waals surface area contributed by atoms with Crippen LogP contribution in [0.1, 0.15) is 6.42 Å². The molecule has 1 heterocycles. The van der Waals surface area contributed by atoms with Crippen molar-refractivity contribution < 1.29 is 31.1 Å². The Bertz CT molecular complexity index is 346. The van der Waals surface area contributed by atoms with E-state index in [4.69, 9.17) is 0 Å². The maximum atomic E-state index is 12.2. The molecule has 2 amide bonds. The average Bonchev–Trinajstić information content (AvgIpc) is 2.24. The van der Waals surface area contributed by atoms with Gasteiger partial charge in [0.25, 0.3) is 0 Å². The number of rotatable bonds is 1. The van der Waals surface area contributed by atoms with Gasteiger partial charge < -0.3 is 10.2 Å². The van der Waals surface area contributed by atoms with Crippen molar-refractivity contribution in [3.05, 3.63) is 11.6 Å². The molecule has 1 aliphatic heterocycles. The smallest absolute Gasteiger partial charge is 0.329 e. The van der Waals surface area contributed by atoms with Crippen LogP contribution >= 0.6 is 0 Å². The molecule has 0 bridgehead atoms. The molecule has 0 spiro atoms. The van der Waals surface area contributed by atoms with Crippen molar-refractivity contribution in [2.75, 3.05) is 19.6 Å². The van der Waals surface area contributed by atoms with Crippen molar-refractivity contribution in [3.63, 3.8) is 0 Å². The summed E-state index contributed by atoms with van der Waals surface area (Å²) in [5.41, 5.74) is -0.762. The first-order valence-electron chi connectivity index (χ1n) is 4.95. The minimum Gasteiger partial charge on any atom is -0.329 e. The van der Waals surface area contributed by atoms with E-state index >= 15 is 0 Å². The number of halogens is 6. The van der Waals surface area contributed by atoms with E-state index in [2.05, 4.69) is 0 Å². The number of hydrogen-bond acceptors (Lipinski definition) is 1. The number of amides is 2. The van der Waals surface area contributed by atoms with Gasteiger partial charge in [0.05, 0.1) is 0 Å². The summed E-state index contributed by atoms with van der Waals surface area (Å²) in [7, 11) is 0. The van der Waals surface area contributed by atoms with Gasteiger partial charge in [0.2, 0.25) is 0 Å². The summed E-state index contributed by atoms with van der Waals surface area (Å²) >= 11 is 0. The molecule has 0 aromatic rings. The third kappa shape index (κ3) is 4.46. The molecule has 1 N–H and O–H groups in total. The van der Waals surface area contributed by atoms with Gasteiger partial charge in [-0.25, -0.2) is 4.79 Å². The molecule has 0 radical (unpaired) electrons. The molecule has 0 saturated heterocycles. The minimum atomic E-state index is -4.54. The van der Waals surface area contributed by atoms with Crippen molar-refractivity contribution in [3.8, 4) is 0 Å². The molecule has 0 saturated carbocycles. The zero-order valence-corrected chi connectivity index (χ0v) is 9.03. The van der Waals surface area contributed by atoms with Crippen LogP contribution in [0.25, 0.3) is 0 Å². The largest absolute Gasteiger partial charge is 0.412 e. The van der Waals surface area contributed by atoms with Gasteiger partial charge in [0.15, 0.2) is 0 Å². The van der Waals surface area contributed by atoms with Crippen LogP contribution in [0.3, 0.4) is 0 Å². The molecule has 0 atom stereocenters. The standard InChI is InChI=1S/C9H10F6N2O/c10-8(11,12)5-16-7(18)17-3-1-6(2-4-17)9(13,14)15/h1H,2-5H2,(H,16,18). The average molecular weight is 276 g/mol. The van der Waals surface area contributed by atoms with Crippen molar-refractivity contribution >= 4 is 6.03 Å². The van der Waals surface area contributed by atoms with Gasteiger partial charge in [-0.05, 0) is 6.42 Å². The third-order valence-electron chi connectivity index (χ3n) is 2.30. The molecule has 0 aromatic heterocycles. The molecular weight excluding hydrogens is 266 g/mol. The van der Waals surface area contributed by atoms with E-state index in [9.17, 15) is 31.1 Å². The lowest BCUT2D eigenvalue weighted by Crippen LogP contribution is -2.45. The maximum absolute atomic E-state index is 12.2. The highest BCUT2D eigenvalue weighted by Gasteiger charge is 2.36. The van der Waals surface area contributed by atoms with Crippen LogP contribution in [0.4, 0.5) is 31.1 Å². The quantitative estimate of drug-likeness (QED) is 0.579. The predicted molar refractivity (Wildman–Crippen MR) is 49.8 cm³/mol. The molecule has 0 fully saturated rings. The Morgan fingerprint density at radius 3 is 2.28 bits per heavy atom. The highest BCUT2D eigenvalue weighted by atomic mass is 19.4. The Balaban J connectivity index is 2.48. The molecule has 0 aromatic carbocycles. The summed E-state index contributed by atoms with van der Waals surface area (Å²) in [6.07, 6.45) is -8.60. The van der Waals surface area contributed by atoms with Gasteiger partial charge in [-0.15, -0.1) is 0 Å². The fourth-order valence-electron chi connectivity index (χ4n) is 1.40. The van der Waals surface area contributed by atoms with Crippen LogP contribution in [0, 0.1) is 0 Å². The molecule has 18 heavy (non-hydrogen) atoms. The van der Waals surface area contributed by atoms with Crippen molar-refractivity contribution in [1.29, 1.82) is 0 Å². The summed E-state index contributed by atoms with van der Waals surface area (Å²) in [6, 6.07) is -1.02. The lowest BCUT2D eigenvalue weighted by atomic mass is 10.1. The summed E-state index contributed by atoms with van der Waals surface area (Å²) in [5.74, 6) is 0. The molecular formula is C9H10F6N2O. The van der Waals surface area contributed by atoms with E-state index in [1.54, 1.807) is 5.32 Å². The highest BCUT2D eigenvalue weighted by Crippen LogP contribution is 2.30. The topological polar surface area (TPSA) is 32.3 Å². The highest BCUT2D eigenvalue weighted by molar-refractivity contribution is 5.74. The van der Waals surface area contributed by atoms with Gasteiger partial charge in [-0.3, -0.25) is 0 Å². The van der Waals surface area contributed by atoms with E-state index in [0.717, 1.165) is 11.0 Å². The van der Waals surface area contributed by atoms with Crippen molar-refractivity contribution in [2.24, 2.45) is 0 Å². The normalized spacial score (nSPS) is 17.4. The predicted octanol–water partition coefficient (Wildman–Crippen LogP) is 2.45. The van der Waals surface area contributed by atoms with Gasteiger partial charge in [-0.2, -0.15) is 26.3 Å². The Labute approximate surface area is 98.4 Å².